The number of anilines is 2. The van der Waals surface area contributed by atoms with Crippen molar-refractivity contribution >= 4 is 17.4 Å². The number of amides is 1. The molecule has 2 aromatic carbocycles. The Hall–Kier alpha value is -3.21. The number of nitrogens with zero attached hydrogens (tertiary/aromatic N) is 3. The number of hydrogen-bond acceptors (Lipinski definition) is 4. The first-order valence-corrected chi connectivity index (χ1v) is 9.26. The van der Waals surface area contributed by atoms with Crippen LogP contribution in [0.15, 0.2) is 67.0 Å². The first kappa shape index (κ1) is 17.2. The minimum Gasteiger partial charge on any atom is -0.355 e. The number of carbonyl (C=O) groups is 1. The molecule has 1 aliphatic heterocycles. The van der Waals surface area contributed by atoms with E-state index in [2.05, 4.69) is 33.2 Å². The van der Waals surface area contributed by atoms with Crippen molar-refractivity contribution in [1.29, 1.82) is 0 Å². The normalized spacial score (nSPS) is 13.9. The van der Waals surface area contributed by atoms with Gasteiger partial charge in [0.05, 0.1) is 11.6 Å². The van der Waals surface area contributed by atoms with E-state index in [0.717, 1.165) is 34.7 Å². The van der Waals surface area contributed by atoms with Crippen LogP contribution < -0.4 is 10.2 Å². The van der Waals surface area contributed by atoms with Gasteiger partial charge in [0.25, 0.3) is 0 Å². The van der Waals surface area contributed by atoms with E-state index in [1.165, 1.54) is 0 Å². The number of benzene rings is 2. The van der Waals surface area contributed by atoms with Crippen LogP contribution in [0.1, 0.15) is 12.5 Å². The van der Waals surface area contributed by atoms with Crippen LogP contribution in [-0.4, -0.2) is 29.0 Å². The number of carbonyl (C=O) groups excluding carboxylic acids is 1. The predicted octanol–water partition coefficient (Wildman–Crippen LogP) is 3.78. The number of rotatable bonds is 5. The van der Waals surface area contributed by atoms with Gasteiger partial charge in [-0.3, -0.25) is 4.79 Å². The van der Waals surface area contributed by atoms with Crippen LogP contribution in [0.3, 0.4) is 0 Å². The molecule has 0 spiro atoms. The van der Waals surface area contributed by atoms with Crippen molar-refractivity contribution in [2.24, 2.45) is 5.92 Å². The van der Waals surface area contributed by atoms with Crippen molar-refractivity contribution < 1.29 is 4.79 Å². The smallest absolute Gasteiger partial charge is 0.231 e. The molecule has 2 heterocycles. The van der Waals surface area contributed by atoms with Crippen LogP contribution in [-0.2, 0) is 11.2 Å². The summed E-state index contributed by atoms with van der Waals surface area (Å²) in [6.45, 7) is 3.44. The van der Waals surface area contributed by atoms with Crippen LogP contribution in [0.2, 0.25) is 0 Å². The van der Waals surface area contributed by atoms with Gasteiger partial charge in [0.1, 0.15) is 12.1 Å². The van der Waals surface area contributed by atoms with E-state index < -0.39 is 0 Å². The average Bonchev–Trinajstić information content (AvgIpc) is 2.68. The highest BCUT2D eigenvalue weighted by Crippen LogP contribution is 2.27. The van der Waals surface area contributed by atoms with Gasteiger partial charge in [-0.05, 0) is 18.1 Å². The van der Waals surface area contributed by atoms with E-state index in [1.807, 2.05) is 54.6 Å². The monoisotopic (exact) mass is 358 g/mol. The van der Waals surface area contributed by atoms with E-state index in [0.29, 0.717) is 13.1 Å². The first-order chi connectivity index (χ1) is 13.2. The summed E-state index contributed by atoms with van der Waals surface area (Å²) in [6.07, 6.45) is 2.49. The van der Waals surface area contributed by atoms with Gasteiger partial charge in [-0.1, -0.05) is 55.5 Å². The summed E-state index contributed by atoms with van der Waals surface area (Å²) >= 11 is 0. The number of para-hydroxylation sites is 1. The molecule has 5 nitrogen and oxygen atoms in total. The lowest BCUT2D eigenvalue weighted by Gasteiger charge is -2.39. The maximum absolute atomic E-state index is 12.6. The van der Waals surface area contributed by atoms with E-state index >= 15 is 0 Å². The molecule has 0 unspecified atom stereocenters. The maximum Gasteiger partial charge on any atom is 0.231 e. The molecule has 0 saturated carbocycles. The zero-order chi connectivity index (χ0) is 18.6. The number of nitrogens with one attached hydrogen (secondary N) is 1. The summed E-state index contributed by atoms with van der Waals surface area (Å²) in [4.78, 5) is 23.4. The Labute approximate surface area is 159 Å². The molecule has 0 radical (unpaired) electrons. The Morgan fingerprint density at radius 2 is 1.81 bits per heavy atom. The highest BCUT2D eigenvalue weighted by Gasteiger charge is 2.33. The summed E-state index contributed by atoms with van der Waals surface area (Å²) in [5.41, 5.74) is 4.03. The van der Waals surface area contributed by atoms with Crippen LogP contribution in [0.5, 0.6) is 0 Å². The van der Waals surface area contributed by atoms with Crippen LogP contribution in [0, 0.1) is 5.92 Å². The summed E-state index contributed by atoms with van der Waals surface area (Å²) in [7, 11) is 0. The Bertz CT molecular complexity index is 936. The molecule has 1 N–H and O–H groups in total. The van der Waals surface area contributed by atoms with Gasteiger partial charge in [-0.15, -0.1) is 0 Å². The lowest BCUT2D eigenvalue weighted by atomic mass is 9.98. The molecule has 0 atom stereocenters. The SMILES string of the molecule is CCc1ccccc1NC(=O)C1CN(c2cc(-c3ccccc3)ncn2)C1. The zero-order valence-corrected chi connectivity index (χ0v) is 15.3. The largest absolute Gasteiger partial charge is 0.355 e. The Balaban J connectivity index is 1.40. The zero-order valence-electron chi connectivity index (χ0n) is 15.3. The van der Waals surface area contributed by atoms with E-state index in [4.69, 9.17) is 0 Å². The van der Waals surface area contributed by atoms with Crippen molar-refractivity contribution in [3.05, 3.63) is 72.6 Å². The lowest BCUT2D eigenvalue weighted by molar-refractivity contribution is -0.120. The van der Waals surface area contributed by atoms with Crippen molar-refractivity contribution in [3.63, 3.8) is 0 Å². The van der Waals surface area contributed by atoms with E-state index in [-0.39, 0.29) is 11.8 Å². The Kier molecular flexibility index (Phi) is 4.83. The second kappa shape index (κ2) is 7.58. The topological polar surface area (TPSA) is 58.1 Å². The van der Waals surface area contributed by atoms with Crippen molar-refractivity contribution in [2.75, 3.05) is 23.3 Å². The lowest BCUT2D eigenvalue weighted by Crippen LogP contribution is -2.52. The van der Waals surface area contributed by atoms with Gasteiger partial charge in [0.15, 0.2) is 0 Å². The average molecular weight is 358 g/mol. The molecular formula is C22H22N4O. The molecule has 0 aliphatic carbocycles. The fraction of sp³-hybridized carbons (Fsp3) is 0.227. The molecule has 1 aromatic heterocycles. The standard InChI is InChI=1S/C22H22N4O/c1-2-16-8-6-7-11-19(16)25-22(27)18-13-26(14-18)21-12-20(23-15-24-21)17-9-4-3-5-10-17/h3-12,15,18H,2,13-14H2,1H3,(H,25,27). The molecule has 1 aliphatic rings. The molecule has 136 valence electrons. The van der Waals surface area contributed by atoms with Gasteiger partial charge < -0.3 is 10.2 Å². The van der Waals surface area contributed by atoms with Gasteiger partial charge in [0, 0.05) is 30.4 Å². The van der Waals surface area contributed by atoms with Gasteiger partial charge in [-0.2, -0.15) is 0 Å². The van der Waals surface area contributed by atoms with Crippen molar-refractivity contribution in [3.8, 4) is 11.3 Å². The third-order valence-corrected chi connectivity index (χ3v) is 4.95. The van der Waals surface area contributed by atoms with Crippen LogP contribution in [0.25, 0.3) is 11.3 Å². The summed E-state index contributed by atoms with van der Waals surface area (Å²) in [5, 5.41) is 3.07. The van der Waals surface area contributed by atoms with Crippen molar-refractivity contribution in [1.82, 2.24) is 9.97 Å². The second-order valence-corrected chi connectivity index (χ2v) is 6.73. The van der Waals surface area contributed by atoms with Crippen molar-refractivity contribution in [2.45, 2.75) is 13.3 Å². The highest BCUT2D eigenvalue weighted by molar-refractivity contribution is 5.95. The molecule has 27 heavy (non-hydrogen) atoms. The molecular weight excluding hydrogens is 336 g/mol. The van der Waals surface area contributed by atoms with Gasteiger partial charge in [0.2, 0.25) is 5.91 Å². The maximum atomic E-state index is 12.6. The third kappa shape index (κ3) is 3.67. The Morgan fingerprint density at radius 1 is 1.07 bits per heavy atom. The molecule has 1 saturated heterocycles. The van der Waals surface area contributed by atoms with Gasteiger partial charge in [-0.25, -0.2) is 9.97 Å². The highest BCUT2D eigenvalue weighted by atomic mass is 16.2. The fourth-order valence-corrected chi connectivity index (χ4v) is 3.30. The molecule has 4 rings (SSSR count). The Morgan fingerprint density at radius 3 is 2.59 bits per heavy atom. The van der Waals surface area contributed by atoms with Crippen LogP contribution >= 0.6 is 0 Å². The number of aryl methyl sites for hydroxylation is 1. The van der Waals surface area contributed by atoms with E-state index in [9.17, 15) is 4.79 Å². The summed E-state index contributed by atoms with van der Waals surface area (Å²) in [5.74, 6) is 0.913. The molecule has 5 heteroatoms. The molecule has 3 aromatic rings. The number of aromatic nitrogens is 2. The first-order valence-electron chi connectivity index (χ1n) is 9.26. The summed E-state index contributed by atoms with van der Waals surface area (Å²) in [6, 6.07) is 20.0. The minimum absolute atomic E-state index is 0.0231. The molecule has 1 fully saturated rings. The second-order valence-electron chi connectivity index (χ2n) is 6.73. The minimum atomic E-state index is -0.0231. The quantitative estimate of drug-likeness (QED) is 0.754. The molecule has 0 bridgehead atoms. The van der Waals surface area contributed by atoms with Gasteiger partial charge >= 0.3 is 0 Å². The fourth-order valence-electron chi connectivity index (χ4n) is 3.30. The summed E-state index contributed by atoms with van der Waals surface area (Å²) < 4.78 is 0. The third-order valence-electron chi connectivity index (χ3n) is 4.95. The van der Waals surface area contributed by atoms with Crippen LogP contribution in [0.4, 0.5) is 11.5 Å². The molecule has 1 amide bonds. The number of hydrogen-bond donors (Lipinski definition) is 1. The predicted molar refractivity (Wildman–Crippen MR) is 108 cm³/mol. The van der Waals surface area contributed by atoms with E-state index in [1.54, 1.807) is 6.33 Å².